The van der Waals surface area contributed by atoms with E-state index in [4.69, 9.17) is 32.7 Å². The highest BCUT2D eigenvalue weighted by Crippen LogP contribution is 2.30. The molecule has 0 heterocycles. The third-order valence-electron chi connectivity index (χ3n) is 4.99. The normalized spacial score (nSPS) is 11.5. The predicted octanol–water partition coefficient (Wildman–Crippen LogP) is 7.11. The third-order valence-corrected chi connectivity index (χ3v) is 5.58. The molecule has 0 radical (unpaired) electrons. The van der Waals surface area contributed by atoms with Gasteiger partial charge in [0.15, 0.2) is 11.5 Å². The maximum Gasteiger partial charge on any atom is 0.161 e. The van der Waals surface area contributed by atoms with Crippen molar-refractivity contribution in [3.8, 4) is 11.5 Å². The Hall–Kier alpha value is -1.91. The van der Waals surface area contributed by atoms with Crippen molar-refractivity contribution in [1.29, 1.82) is 0 Å². The Morgan fingerprint density at radius 2 is 1.68 bits per heavy atom. The van der Waals surface area contributed by atoms with Crippen LogP contribution in [0.1, 0.15) is 30.0 Å². The summed E-state index contributed by atoms with van der Waals surface area (Å²) < 4.78 is 11.5. The first kappa shape index (κ1) is 25.4. The van der Waals surface area contributed by atoms with E-state index in [1.54, 1.807) is 19.2 Å². The van der Waals surface area contributed by atoms with Gasteiger partial charge in [-0.1, -0.05) is 65.7 Å². The molecule has 0 saturated heterocycles. The molecule has 3 rings (SSSR count). The summed E-state index contributed by atoms with van der Waals surface area (Å²) >= 11 is 12.2. The van der Waals surface area contributed by atoms with Crippen LogP contribution in [0, 0.1) is 0 Å². The number of rotatable bonds is 10. The van der Waals surface area contributed by atoms with E-state index in [0.717, 1.165) is 30.5 Å². The summed E-state index contributed by atoms with van der Waals surface area (Å²) in [4.78, 5) is 0. The molecular weight excluding hydrogens is 453 g/mol. The van der Waals surface area contributed by atoms with Gasteiger partial charge in [0.05, 0.1) is 7.11 Å². The van der Waals surface area contributed by atoms with Crippen molar-refractivity contribution in [2.45, 2.75) is 39.0 Å². The van der Waals surface area contributed by atoms with Crippen molar-refractivity contribution in [3.05, 3.63) is 93.5 Å². The van der Waals surface area contributed by atoms with Gasteiger partial charge in [0, 0.05) is 28.2 Å². The van der Waals surface area contributed by atoms with Crippen molar-refractivity contribution in [3.63, 3.8) is 0 Å². The van der Waals surface area contributed by atoms with Gasteiger partial charge < -0.3 is 14.8 Å². The zero-order valence-electron chi connectivity index (χ0n) is 17.7. The number of benzene rings is 3. The molecule has 0 amide bonds. The summed E-state index contributed by atoms with van der Waals surface area (Å²) in [5.74, 6) is 1.39. The molecule has 3 aromatic rings. The Morgan fingerprint density at radius 3 is 2.39 bits per heavy atom. The second kappa shape index (κ2) is 12.8. The van der Waals surface area contributed by atoms with E-state index in [1.807, 2.05) is 18.2 Å². The summed E-state index contributed by atoms with van der Waals surface area (Å²) in [6.07, 6.45) is 2.16. The largest absolute Gasteiger partial charge is 0.493 e. The SMILES string of the molecule is COc1cc(CNC(C)CCc2ccccc2)ccc1OCc1ccc(Cl)cc1Cl.Cl. The summed E-state index contributed by atoms with van der Waals surface area (Å²) in [7, 11) is 1.65. The van der Waals surface area contributed by atoms with Crippen LogP contribution in [0.4, 0.5) is 0 Å². The predicted molar refractivity (Wildman–Crippen MR) is 132 cm³/mol. The van der Waals surface area contributed by atoms with Crippen molar-refractivity contribution in [1.82, 2.24) is 5.32 Å². The van der Waals surface area contributed by atoms with Crippen molar-refractivity contribution >= 4 is 35.6 Å². The molecule has 6 heteroatoms. The van der Waals surface area contributed by atoms with Crippen molar-refractivity contribution < 1.29 is 9.47 Å². The van der Waals surface area contributed by atoms with Gasteiger partial charge >= 0.3 is 0 Å². The number of aryl methyl sites for hydroxylation is 1. The van der Waals surface area contributed by atoms with E-state index >= 15 is 0 Å². The molecule has 3 aromatic carbocycles. The molecule has 1 unspecified atom stereocenters. The smallest absolute Gasteiger partial charge is 0.161 e. The van der Waals surface area contributed by atoms with Gasteiger partial charge in [-0.3, -0.25) is 0 Å². The van der Waals surface area contributed by atoms with Crippen molar-refractivity contribution in [2.75, 3.05) is 7.11 Å². The number of halogens is 3. The summed E-state index contributed by atoms with van der Waals surface area (Å²) in [6, 6.07) is 22.4. The van der Waals surface area contributed by atoms with Gasteiger partial charge in [-0.25, -0.2) is 0 Å². The van der Waals surface area contributed by atoms with E-state index in [0.29, 0.717) is 34.2 Å². The van der Waals surface area contributed by atoms with Crippen molar-refractivity contribution in [2.24, 2.45) is 0 Å². The number of ether oxygens (including phenoxy) is 2. The highest BCUT2D eigenvalue weighted by Gasteiger charge is 2.09. The van der Waals surface area contributed by atoms with Crippen LogP contribution in [0.5, 0.6) is 11.5 Å². The molecule has 0 aliphatic rings. The van der Waals surface area contributed by atoms with E-state index in [9.17, 15) is 0 Å². The molecule has 0 aliphatic heterocycles. The third kappa shape index (κ3) is 7.93. The molecule has 0 fully saturated rings. The number of methoxy groups -OCH3 is 1. The Kier molecular flexibility index (Phi) is 10.5. The monoisotopic (exact) mass is 479 g/mol. The first-order valence-electron chi connectivity index (χ1n) is 10.1. The average molecular weight is 481 g/mol. The van der Waals surface area contributed by atoms with Crippen LogP contribution in [0.3, 0.4) is 0 Å². The Morgan fingerprint density at radius 1 is 0.903 bits per heavy atom. The number of nitrogens with one attached hydrogen (secondary N) is 1. The van der Waals surface area contributed by atoms with Crippen LogP contribution in [-0.2, 0) is 19.6 Å². The van der Waals surface area contributed by atoms with Gasteiger partial charge in [-0.15, -0.1) is 12.4 Å². The molecule has 0 aromatic heterocycles. The fourth-order valence-electron chi connectivity index (χ4n) is 3.16. The molecule has 0 saturated carbocycles. The lowest BCUT2D eigenvalue weighted by Crippen LogP contribution is -2.26. The van der Waals surface area contributed by atoms with Crippen LogP contribution in [0.25, 0.3) is 0 Å². The minimum atomic E-state index is 0. The van der Waals surface area contributed by atoms with E-state index in [1.165, 1.54) is 5.56 Å². The highest BCUT2D eigenvalue weighted by molar-refractivity contribution is 6.35. The maximum atomic E-state index is 6.23. The Balaban J connectivity index is 0.00000341. The lowest BCUT2D eigenvalue weighted by molar-refractivity contribution is 0.284. The van der Waals surface area contributed by atoms with E-state index in [2.05, 4.69) is 48.6 Å². The summed E-state index contributed by atoms with van der Waals surface area (Å²) in [5.41, 5.74) is 3.39. The van der Waals surface area contributed by atoms with Gasteiger partial charge in [0.1, 0.15) is 6.61 Å². The quantitative estimate of drug-likeness (QED) is 0.335. The van der Waals surface area contributed by atoms with Crippen LogP contribution < -0.4 is 14.8 Å². The number of hydrogen-bond acceptors (Lipinski definition) is 3. The topological polar surface area (TPSA) is 30.5 Å². The molecule has 166 valence electrons. The molecule has 31 heavy (non-hydrogen) atoms. The molecule has 0 aliphatic carbocycles. The zero-order chi connectivity index (χ0) is 21.3. The van der Waals surface area contributed by atoms with E-state index in [-0.39, 0.29) is 12.4 Å². The van der Waals surface area contributed by atoms with Crippen LogP contribution in [-0.4, -0.2) is 13.2 Å². The Labute approximate surface area is 201 Å². The van der Waals surface area contributed by atoms with Crippen LogP contribution in [0.2, 0.25) is 10.0 Å². The zero-order valence-corrected chi connectivity index (χ0v) is 20.1. The molecule has 0 spiro atoms. The van der Waals surface area contributed by atoms with E-state index < -0.39 is 0 Å². The molecular formula is C25H28Cl3NO2. The fraction of sp³-hybridized carbons (Fsp3) is 0.280. The van der Waals surface area contributed by atoms with Gasteiger partial charge in [0.25, 0.3) is 0 Å². The number of hydrogen-bond donors (Lipinski definition) is 1. The average Bonchev–Trinajstić information content (AvgIpc) is 2.76. The molecule has 1 atom stereocenters. The second-order valence-electron chi connectivity index (χ2n) is 7.32. The summed E-state index contributed by atoms with van der Waals surface area (Å²) in [6.45, 7) is 3.34. The molecule has 1 N–H and O–H groups in total. The minimum Gasteiger partial charge on any atom is -0.493 e. The lowest BCUT2D eigenvalue weighted by atomic mass is 10.1. The molecule has 3 nitrogen and oxygen atoms in total. The standard InChI is InChI=1S/C25H27Cl2NO2.ClH/c1-18(8-9-19-6-4-3-5-7-19)28-16-20-10-13-24(25(14-20)29-2)30-17-21-11-12-22(26)15-23(21)27;/h3-7,10-15,18,28H,8-9,16-17H2,1-2H3;1H. The van der Waals surface area contributed by atoms with Gasteiger partial charge in [-0.05, 0) is 55.2 Å². The maximum absolute atomic E-state index is 6.23. The first-order valence-corrected chi connectivity index (χ1v) is 10.8. The van der Waals surface area contributed by atoms with Crippen LogP contribution >= 0.6 is 35.6 Å². The van der Waals surface area contributed by atoms with Crippen LogP contribution in [0.15, 0.2) is 66.7 Å². The van der Waals surface area contributed by atoms with Gasteiger partial charge in [0.2, 0.25) is 0 Å². The lowest BCUT2D eigenvalue weighted by Gasteiger charge is -2.16. The Bertz CT molecular complexity index is 951. The highest BCUT2D eigenvalue weighted by atomic mass is 35.5. The summed E-state index contributed by atoms with van der Waals surface area (Å²) in [5, 5.41) is 4.78. The fourth-order valence-corrected chi connectivity index (χ4v) is 3.62. The first-order chi connectivity index (χ1) is 14.5. The second-order valence-corrected chi connectivity index (χ2v) is 8.16. The molecule has 0 bridgehead atoms. The minimum absolute atomic E-state index is 0. The van der Waals surface area contributed by atoms with Gasteiger partial charge in [-0.2, -0.15) is 0 Å².